The predicted molar refractivity (Wildman–Crippen MR) is 53.5 cm³/mol. The first-order valence-corrected chi connectivity index (χ1v) is 4.49. The molecule has 0 atom stereocenters. The van der Waals surface area contributed by atoms with Gasteiger partial charge < -0.3 is 9.47 Å². The SMILES string of the molecule is IC#Cc1ccc2c(c1)OCO2. The van der Waals surface area contributed by atoms with Crippen molar-refractivity contribution in [3.63, 3.8) is 0 Å². The first kappa shape index (κ1) is 7.74. The van der Waals surface area contributed by atoms with Crippen LogP contribution in [0.2, 0.25) is 0 Å². The zero-order chi connectivity index (χ0) is 8.39. The molecule has 1 aromatic rings. The van der Waals surface area contributed by atoms with E-state index in [0.29, 0.717) is 6.79 Å². The van der Waals surface area contributed by atoms with Crippen LogP contribution in [0.1, 0.15) is 5.56 Å². The summed E-state index contributed by atoms with van der Waals surface area (Å²) >= 11 is 2.01. The zero-order valence-electron chi connectivity index (χ0n) is 6.13. The third kappa shape index (κ3) is 1.34. The Morgan fingerprint density at radius 3 is 2.92 bits per heavy atom. The molecule has 0 unspecified atom stereocenters. The Bertz CT molecular complexity index is 363. The van der Waals surface area contributed by atoms with Crippen molar-refractivity contribution in [2.75, 3.05) is 6.79 Å². The average Bonchev–Trinajstić information content (AvgIpc) is 2.51. The van der Waals surface area contributed by atoms with Gasteiger partial charge in [0, 0.05) is 28.2 Å². The molecule has 0 fully saturated rings. The van der Waals surface area contributed by atoms with E-state index in [1.54, 1.807) is 0 Å². The molecule has 60 valence electrons. The summed E-state index contributed by atoms with van der Waals surface area (Å²) in [5.74, 6) is 4.52. The number of halogens is 1. The van der Waals surface area contributed by atoms with Crippen molar-refractivity contribution in [2.24, 2.45) is 0 Å². The van der Waals surface area contributed by atoms with Gasteiger partial charge in [0.15, 0.2) is 11.5 Å². The summed E-state index contributed by atoms with van der Waals surface area (Å²) in [5.41, 5.74) is 0.952. The fourth-order valence-corrected chi connectivity index (χ4v) is 1.34. The summed E-state index contributed by atoms with van der Waals surface area (Å²) in [6.45, 7) is 0.316. The number of hydrogen-bond donors (Lipinski definition) is 0. The minimum Gasteiger partial charge on any atom is -0.454 e. The molecule has 1 aliphatic rings. The van der Waals surface area contributed by atoms with Gasteiger partial charge in [-0.15, -0.1) is 0 Å². The molecule has 0 aliphatic carbocycles. The quantitative estimate of drug-likeness (QED) is 0.532. The molecule has 12 heavy (non-hydrogen) atoms. The Labute approximate surface area is 84.0 Å². The van der Waals surface area contributed by atoms with Gasteiger partial charge >= 0.3 is 0 Å². The van der Waals surface area contributed by atoms with Crippen molar-refractivity contribution in [2.45, 2.75) is 0 Å². The summed E-state index contributed by atoms with van der Waals surface area (Å²) in [4.78, 5) is 0. The van der Waals surface area contributed by atoms with Gasteiger partial charge in [-0.1, -0.05) is 5.92 Å². The van der Waals surface area contributed by atoms with Crippen LogP contribution in [-0.2, 0) is 0 Å². The maximum absolute atomic E-state index is 5.19. The fraction of sp³-hybridized carbons (Fsp3) is 0.111. The molecule has 0 saturated heterocycles. The van der Waals surface area contributed by atoms with E-state index in [1.807, 2.05) is 40.8 Å². The Morgan fingerprint density at radius 2 is 2.08 bits per heavy atom. The normalized spacial score (nSPS) is 12.1. The minimum absolute atomic E-state index is 0.316. The summed E-state index contributed by atoms with van der Waals surface area (Å²) in [6, 6.07) is 5.67. The third-order valence-corrected chi connectivity index (χ3v) is 1.83. The van der Waals surface area contributed by atoms with Crippen molar-refractivity contribution in [3.8, 4) is 21.3 Å². The Kier molecular flexibility index (Phi) is 2.09. The molecule has 1 heterocycles. The second-order valence-corrected chi connectivity index (χ2v) is 2.83. The molecule has 0 spiro atoms. The fourth-order valence-electron chi connectivity index (χ4n) is 1.03. The van der Waals surface area contributed by atoms with Gasteiger partial charge in [-0.05, 0) is 22.1 Å². The van der Waals surface area contributed by atoms with Gasteiger partial charge in [0.1, 0.15) is 0 Å². The van der Waals surface area contributed by atoms with E-state index in [9.17, 15) is 0 Å². The molecule has 0 aromatic heterocycles. The van der Waals surface area contributed by atoms with E-state index in [2.05, 4.69) is 9.85 Å². The van der Waals surface area contributed by atoms with Crippen molar-refractivity contribution < 1.29 is 9.47 Å². The lowest BCUT2D eigenvalue weighted by Crippen LogP contribution is -1.92. The predicted octanol–water partition coefficient (Wildman–Crippen LogP) is 2.16. The highest BCUT2D eigenvalue weighted by Crippen LogP contribution is 2.32. The van der Waals surface area contributed by atoms with E-state index in [0.717, 1.165) is 17.1 Å². The van der Waals surface area contributed by atoms with Crippen LogP contribution in [0.3, 0.4) is 0 Å². The van der Waals surface area contributed by atoms with E-state index in [1.165, 1.54) is 0 Å². The van der Waals surface area contributed by atoms with Crippen LogP contribution in [0, 0.1) is 9.85 Å². The van der Waals surface area contributed by atoms with Crippen LogP contribution >= 0.6 is 22.6 Å². The van der Waals surface area contributed by atoms with Gasteiger partial charge in [-0.3, -0.25) is 0 Å². The van der Waals surface area contributed by atoms with Crippen molar-refractivity contribution in [1.82, 2.24) is 0 Å². The Hall–Kier alpha value is -0.890. The molecular weight excluding hydrogens is 267 g/mol. The molecule has 0 amide bonds. The minimum atomic E-state index is 0.316. The molecule has 0 saturated carbocycles. The van der Waals surface area contributed by atoms with Crippen LogP contribution in [0.15, 0.2) is 18.2 Å². The highest BCUT2D eigenvalue weighted by molar-refractivity contribution is 14.1. The lowest BCUT2D eigenvalue weighted by Gasteiger charge is -1.94. The van der Waals surface area contributed by atoms with Crippen LogP contribution in [0.4, 0.5) is 0 Å². The number of ether oxygens (including phenoxy) is 2. The third-order valence-electron chi connectivity index (χ3n) is 1.56. The summed E-state index contributed by atoms with van der Waals surface area (Å²) in [6.07, 6.45) is 0. The second-order valence-electron chi connectivity index (χ2n) is 2.29. The average molecular weight is 272 g/mol. The lowest BCUT2D eigenvalue weighted by molar-refractivity contribution is 0.174. The number of benzene rings is 1. The van der Waals surface area contributed by atoms with Gasteiger partial charge in [0.05, 0.1) is 0 Å². The molecule has 0 bridgehead atoms. The molecule has 0 N–H and O–H groups in total. The smallest absolute Gasteiger partial charge is 0.231 e. The number of rotatable bonds is 0. The summed E-state index contributed by atoms with van der Waals surface area (Å²) in [7, 11) is 0. The van der Waals surface area contributed by atoms with Crippen LogP contribution < -0.4 is 9.47 Å². The highest BCUT2D eigenvalue weighted by atomic mass is 127. The van der Waals surface area contributed by atoms with Crippen LogP contribution in [0.5, 0.6) is 11.5 Å². The summed E-state index contributed by atoms with van der Waals surface area (Å²) < 4.78 is 13.2. The van der Waals surface area contributed by atoms with Crippen molar-refractivity contribution >= 4 is 22.6 Å². The monoisotopic (exact) mass is 272 g/mol. The van der Waals surface area contributed by atoms with Gasteiger partial charge in [0.2, 0.25) is 6.79 Å². The second kappa shape index (κ2) is 3.23. The first-order valence-electron chi connectivity index (χ1n) is 3.41. The van der Waals surface area contributed by atoms with Crippen molar-refractivity contribution in [1.29, 1.82) is 0 Å². The molecule has 2 rings (SSSR count). The topological polar surface area (TPSA) is 18.5 Å². The first-order chi connectivity index (χ1) is 5.90. The Balaban J connectivity index is 2.43. The van der Waals surface area contributed by atoms with E-state index < -0.39 is 0 Å². The summed E-state index contributed by atoms with van der Waals surface area (Å²) in [5, 5.41) is 0. The van der Waals surface area contributed by atoms with E-state index in [-0.39, 0.29) is 0 Å². The maximum atomic E-state index is 5.19. The molecule has 3 heteroatoms. The van der Waals surface area contributed by atoms with Crippen molar-refractivity contribution in [3.05, 3.63) is 23.8 Å². The van der Waals surface area contributed by atoms with Crippen LogP contribution in [0.25, 0.3) is 0 Å². The zero-order valence-corrected chi connectivity index (χ0v) is 8.29. The lowest BCUT2D eigenvalue weighted by atomic mass is 10.2. The molecule has 1 aromatic carbocycles. The number of hydrogen-bond acceptors (Lipinski definition) is 2. The maximum Gasteiger partial charge on any atom is 0.231 e. The molecule has 1 aliphatic heterocycles. The molecule has 0 radical (unpaired) electrons. The van der Waals surface area contributed by atoms with Gasteiger partial charge in [-0.2, -0.15) is 0 Å². The van der Waals surface area contributed by atoms with E-state index >= 15 is 0 Å². The van der Waals surface area contributed by atoms with Crippen LogP contribution in [-0.4, -0.2) is 6.79 Å². The molecular formula is C9H5IO2. The number of fused-ring (bicyclic) bond motifs is 1. The Morgan fingerprint density at radius 1 is 1.25 bits per heavy atom. The van der Waals surface area contributed by atoms with Gasteiger partial charge in [-0.25, -0.2) is 0 Å². The standard InChI is InChI=1S/C9H5IO2/c10-4-3-7-1-2-8-9(5-7)12-6-11-8/h1-2,5H,6H2. The van der Waals surface area contributed by atoms with Gasteiger partial charge in [0.25, 0.3) is 0 Å². The van der Waals surface area contributed by atoms with E-state index in [4.69, 9.17) is 9.47 Å². The molecule has 2 nitrogen and oxygen atoms in total. The highest BCUT2D eigenvalue weighted by Gasteiger charge is 2.11. The largest absolute Gasteiger partial charge is 0.454 e.